The van der Waals surface area contributed by atoms with Gasteiger partial charge in [0.25, 0.3) is 0 Å². The van der Waals surface area contributed by atoms with E-state index in [4.69, 9.17) is 0 Å². The number of carbonyl (C=O) groups excluding carboxylic acids is 2. The molecule has 12 heteroatoms. The maximum atomic E-state index is 12.6. The Balaban J connectivity index is 1.55. The first kappa shape index (κ1) is 21.8. The molecule has 0 radical (unpaired) electrons. The number of amidine groups is 1. The third-order valence-corrected chi connectivity index (χ3v) is 7.13. The highest BCUT2D eigenvalue weighted by molar-refractivity contribution is 9.10. The fraction of sp³-hybridized carbons (Fsp3) is 0.235. The van der Waals surface area contributed by atoms with Gasteiger partial charge in [-0.15, -0.1) is 15.3 Å². The number of hydrazone groups is 1. The molecule has 29 heavy (non-hydrogen) atoms. The standard InChI is InChI=1S/C17H17BrN6O2S3/c1-3-13(28-17-24-23-16(29-17)19-9(2)25)14(26)20-15-22-21-12(8-27-15)10-4-6-11(18)7-5-10/h4-8,13,21H,3H2,1-2H3,(H,19,23,25)(H,20,22,26)/t13-/m0/s1. The minimum Gasteiger partial charge on any atom is -0.303 e. The first-order valence-electron chi connectivity index (χ1n) is 8.49. The van der Waals surface area contributed by atoms with Crippen LogP contribution < -0.4 is 16.1 Å². The summed E-state index contributed by atoms with van der Waals surface area (Å²) >= 11 is 7.30. The number of hydrogen-bond donors (Lipinski definition) is 3. The molecule has 0 spiro atoms. The summed E-state index contributed by atoms with van der Waals surface area (Å²) in [6, 6.07) is 7.86. The summed E-state index contributed by atoms with van der Waals surface area (Å²) in [4.78, 5) is 23.7. The lowest BCUT2D eigenvalue weighted by Gasteiger charge is -2.17. The highest BCUT2D eigenvalue weighted by Gasteiger charge is 2.22. The van der Waals surface area contributed by atoms with Gasteiger partial charge in [0, 0.05) is 22.4 Å². The molecule has 0 unspecified atom stereocenters. The first-order chi connectivity index (χ1) is 13.9. The minimum atomic E-state index is -0.353. The van der Waals surface area contributed by atoms with Crippen LogP contribution >= 0.6 is 50.8 Å². The van der Waals surface area contributed by atoms with Crippen LogP contribution in [0.5, 0.6) is 0 Å². The van der Waals surface area contributed by atoms with E-state index in [0.717, 1.165) is 15.7 Å². The van der Waals surface area contributed by atoms with Crippen LogP contribution in [0, 0.1) is 0 Å². The number of nitrogens with zero attached hydrogens (tertiary/aromatic N) is 3. The molecule has 152 valence electrons. The number of benzene rings is 1. The number of thioether (sulfide) groups is 2. The average molecular weight is 513 g/mol. The van der Waals surface area contributed by atoms with Gasteiger partial charge in [0.05, 0.1) is 10.9 Å². The summed E-state index contributed by atoms with van der Waals surface area (Å²) in [6.07, 6.45) is 0.608. The van der Waals surface area contributed by atoms with Gasteiger partial charge in [0.1, 0.15) is 0 Å². The Morgan fingerprint density at radius 3 is 2.62 bits per heavy atom. The van der Waals surface area contributed by atoms with Crippen LogP contribution in [0.2, 0.25) is 0 Å². The minimum absolute atomic E-state index is 0.165. The van der Waals surface area contributed by atoms with Gasteiger partial charge in [0.2, 0.25) is 16.9 Å². The average Bonchev–Trinajstić information content (AvgIpc) is 3.13. The molecule has 8 nitrogen and oxygen atoms in total. The van der Waals surface area contributed by atoms with Crippen molar-refractivity contribution in [2.45, 2.75) is 29.9 Å². The number of aromatic nitrogens is 2. The molecule has 1 aromatic heterocycles. The van der Waals surface area contributed by atoms with Crippen molar-refractivity contribution in [3.63, 3.8) is 0 Å². The summed E-state index contributed by atoms with van der Waals surface area (Å²) in [6.45, 7) is 3.33. The number of anilines is 1. The Kier molecular flexibility index (Phi) is 7.70. The summed E-state index contributed by atoms with van der Waals surface area (Å²) in [5.41, 5.74) is 4.83. The van der Waals surface area contributed by atoms with Crippen LogP contribution in [-0.4, -0.2) is 32.4 Å². The van der Waals surface area contributed by atoms with Crippen molar-refractivity contribution in [3.05, 3.63) is 39.7 Å². The number of carbonyl (C=O) groups is 2. The van der Waals surface area contributed by atoms with Crippen LogP contribution in [0.15, 0.2) is 43.6 Å². The fourth-order valence-electron chi connectivity index (χ4n) is 2.19. The van der Waals surface area contributed by atoms with Crippen molar-refractivity contribution in [3.8, 4) is 0 Å². The Hall–Kier alpha value is -1.89. The molecular formula is C17H17BrN6O2S3. The molecular weight excluding hydrogens is 496 g/mol. The first-order valence-corrected chi connectivity index (χ1v) is 11.9. The molecule has 3 N–H and O–H groups in total. The molecule has 2 amide bonds. The number of halogens is 1. The lowest BCUT2D eigenvalue weighted by atomic mass is 10.2. The highest BCUT2D eigenvalue weighted by Crippen LogP contribution is 2.31. The monoisotopic (exact) mass is 512 g/mol. The molecule has 1 aliphatic rings. The van der Waals surface area contributed by atoms with E-state index >= 15 is 0 Å². The fourth-order valence-corrected chi connectivity index (χ4v) is 5.09. The van der Waals surface area contributed by atoms with Gasteiger partial charge in [-0.25, -0.2) is 0 Å². The Bertz CT molecular complexity index is 960. The van der Waals surface area contributed by atoms with E-state index < -0.39 is 0 Å². The Labute approximate surface area is 188 Å². The summed E-state index contributed by atoms with van der Waals surface area (Å²) in [5, 5.41) is 20.0. The number of rotatable bonds is 6. The maximum absolute atomic E-state index is 12.6. The van der Waals surface area contributed by atoms with E-state index in [9.17, 15) is 9.59 Å². The number of amides is 2. The molecule has 1 aliphatic heterocycles. The molecule has 0 aliphatic carbocycles. The lowest BCUT2D eigenvalue weighted by molar-refractivity contribution is -0.119. The Morgan fingerprint density at radius 2 is 2.00 bits per heavy atom. The third kappa shape index (κ3) is 6.29. The topological polar surface area (TPSA) is 108 Å². The summed E-state index contributed by atoms with van der Waals surface area (Å²) < 4.78 is 1.62. The van der Waals surface area contributed by atoms with Gasteiger partial charge >= 0.3 is 0 Å². The van der Waals surface area contributed by atoms with Crippen LogP contribution in [0.4, 0.5) is 5.13 Å². The number of nitrogens with one attached hydrogen (secondary N) is 3. The molecule has 1 atom stereocenters. The third-order valence-electron chi connectivity index (χ3n) is 3.55. The van der Waals surface area contributed by atoms with E-state index in [0.29, 0.717) is 21.1 Å². The van der Waals surface area contributed by atoms with Crippen molar-refractivity contribution in [2.75, 3.05) is 5.32 Å². The zero-order chi connectivity index (χ0) is 20.8. The van der Waals surface area contributed by atoms with Gasteiger partial charge in [-0.1, -0.05) is 69.8 Å². The molecule has 0 saturated heterocycles. The molecule has 0 bridgehead atoms. The smallest absolute Gasteiger partial charge is 0.239 e. The van der Waals surface area contributed by atoms with E-state index in [2.05, 4.69) is 47.3 Å². The quantitative estimate of drug-likeness (QED) is 0.398. The molecule has 0 saturated carbocycles. The second kappa shape index (κ2) is 10.2. The molecule has 2 heterocycles. The van der Waals surface area contributed by atoms with Gasteiger partial charge < -0.3 is 10.6 Å². The van der Waals surface area contributed by atoms with Crippen LogP contribution in [0.25, 0.3) is 5.70 Å². The SMILES string of the molecule is CC[C@H](Sc1nnc(NC(C)=O)s1)C(=O)NC1=NNC(c2ccc(Br)cc2)=CS1. The molecule has 1 aromatic carbocycles. The zero-order valence-electron chi connectivity index (χ0n) is 15.4. The van der Waals surface area contributed by atoms with Gasteiger partial charge in [-0.3, -0.25) is 15.0 Å². The van der Waals surface area contributed by atoms with E-state index in [1.54, 1.807) is 0 Å². The van der Waals surface area contributed by atoms with Gasteiger partial charge in [0.15, 0.2) is 9.51 Å². The van der Waals surface area contributed by atoms with Crippen LogP contribution in [0.1, 0.15) is 25.8 Å². The molecule has 3 rings (SSSR count). The van der Waals surface area contributed by atoms with Crippen molar-refractivity contribution in [1.29, 1.82) is 0 Å². The van der Waals surface area contributed by atoms with Gasteiger partial charge in [-0.05, 0) is 18.6 Å². The van der Waals surface area contributed by atoms with E-state index in [1.807, 2.05) is 36.6 Å². The van der Waals surface area contributed by atoms with Gasteiger partial charge in [-0.2, -0.15) is 0 Å². The molecule has 2 aromatic rings. The highest BCUT2D eigenvalue weighted by atomic mass is 79.9. The normalized spacial score (nSPS) is 14.3. The van der Waals surface area contributed by atoms with Crippen molar-refractivity contribution >= 4 is 78.6 Å². The van der Waals surface area contributed by atoms with E-state index in [-0.39, 0.29) is 17.1 Å². The molecule has 0 fully saturated rings. The largest absolute Gasteiger partial charge is 0.303 e. The summed E-state index contributed by atoms with van der Waals surface area (Å²) in [7, 11) is 0. The predicted octanol–water partition coefficient (Wildman–Crippen LogP) is 3.85. The van der Waals surface area contributed by atoms with Crippen LogP contribution in [0.3, 0.4) is 0 Å². The second-order valence-electron chi connectivity index (χ2n) is 5.74. The van der Waals surface area contributed by atoms with Crippen LogP contribution in [-0.2, 0) is 9.59 Å². The summed E-state index contributed by atoms with van der Waals surface area (Å²) in [5.74, 6) is -0.375. The zero-order valence-corrected chi connectivity index (χ0v) is 19.5. The van der Waals surface area contributed by atoms with Crippen molar-refractivity contribution in [2.24, 2.45) is 5.10 Å². The Morgan fingerprint density at radius 1 is 1.24 bits per heavy atom. The van der Waals surface area contributed by atoms with E-state index in [1.165, 1.54) is 41.8 Å². The lowest BCUT2D eigenvalue weighted by Crippen LogP contribution is -2.37. The second-order valence-corrected chi connectivity index (χ2v) is 9.94. The number of hydrogen-bond acceptors (Lipinski definition) is 9. The maximum Gasteiger partial charge on any atom is 0.239 e. The predicted molar refractivity (Wildman–Crippen MR) is 123 cm³/mol. The van der Waals surface area contributed by atoms with Crippen molar-refractivity contribution in [1.82, 2.24) is 20.9 Å². The van der Waals surface area contributed by atoms with Crippen molar-refractivity contribution < 1.29 is 9.59 Å².